The molecule has 0 aliphatic rings. The number of rotatable bonds is 3. The monoisotopic (exact) mass is 610 g/mol. The Morgan fingerprint density at radius 1 is 0.396 bits per heavy atom. The summed E-state index contributed by atoms with van der Waals surface area (Å²) in [4.78, 5) is 10.3. The van der Waals surface area contributed by atoms with E-state index in [9.17, 15) is 0 Å². The lowest BCUT2D eigenvalue weighted by Gasteiger charge is -2.14. The van der Waals surface area contributed by atoms with Crippen molar-refractivity contribution in [2.24, 2.45) is 0 Å². The number of benzene rings is 7. The lowest BCUT2D eigenvalue weighted by Crippen LogP contribution is -1.96. The summed E-state index contributed by atoms with van der Waals surface area (Å²) in [6.07, 6.45) is 0. The second-order valence-electron chi connectivity index (χ2n) is 12.6. The molecule has 48 heavy (non-hydrogen) atoms. The molecule has 11 aromatic rings. The maximum Gasteiger partial charge on any atom is 0.165 e. The van der Waals surface area contributed by atoms with Crippen LogP contribution in [0.2, 0.25) is 0 Å². The Morgan fingerprint density at radius 3 is 1.73 bits per heavy atom. The van der Waals surface area contributed by atoms with Crippen LogP contribution >= 0.6 is 0 Å². The van der Waals surface area contributed by atoms with Gasteiger partial charge in [-0.25, -0.2) is 9.97 Å². The predicted octanol–water partition coefficient (Wildman–Crippen LogP) is 11.2. The number of aromatic nitrogens is 4. The van der Waals surface area contributed by atoms with Crippen LogP contribution in [-0.4, -0.2) is 18.9 Å². The average molecular weight is 611 g/mol. The Hall–Kier alpha value is -6.52. The largest absolute Gasteiger partial charge is 0.309 e. The van der Waals surface area contributed by atoms with Crippen LogP contribution in [0.1, 0.15) is 0 Å². The minimum atomic E-state index is 0.904. The van der Waals surface area contributed by atoms with Crippen LogP contribution in [0.3, 0.4) is 0 Å². The van der Waals surface area contributed by atoms with Gasteiger partial charge in [-0.05, 0) is 70.8 Å². The average Bonchev–Trinajstić information content (AvgIpc) is 3.79. The van der Waals surface area contributed by atoms with Crippen LogP contribution in [0.25, 0.3) is 99.1 Å². The van der Waals surface area contributed by atoms with Gasteiger partial charge >= 0.3 is 0 Å². The van der Waals surface area contributed by atoms with Gasteiger partial charge in [-0.1, -0.05) is 109 Å². The lowest BCUT2D eigenvalue weighted by molar-refractivity contribution is 1.18. The van der Waals surface area contributed by atoms with E-state index in [4.69, 9.17) is 9.97 Å². The molecular weight excluding hydrogens is 585 g/mol. The zero-order chi connectivity index (χ0) is 31.3. The van der Waals surface area contributed by atoms with E-state index in [-0.39, 0.29) is 0 Å². The van der Waals surface area contributed by atoms with Crippen molar-refractivity contribution in [2.45, 2.75) is 0 Å². The van der Waals surface area contributed by atoms with Crippen molar-refractivity contribution in [3.05, 3.63) is 158 Å². The maximum absolute atomic E-state index is 5.19. The van der Waals surface area contributed by atoms with Gasteiger partial charge in [0, 0.05) is 32.6 Å². The van der Waals surface area contributed by atoms with E-state index in [1.807, 2.05) is 24.3 Å². The van der Waals surface area contributed by atoms with Crippen LogP contribution in [0, 0.1) is 0 Å². The minimum absolute atomic E-state index is 0.904. The highest BCUT2D eigenvalue weighted by atomic mass is 15.0. The molecule has 7 aromatic carbocycles. The fraction of sp³-hybridized carbons (Fsp3) is 0. The Balaban J connectivity index is 1.28. The quantitative estimate of drug-likeness (QED) is 0.199. The Kier molecular flexibility index (Phi) is 5.08. The van der Waals surface area contributed by atoms with Crippen LogP contribution in [-0.2, 0) is 0 Å². The van der Waals surface area contributed by atoms with Crippen molar-refractivity contribution >= 4 is 71.2 Å². The van der Waals surface area contributed by atoms with Gasteiger partial charge < -0.3 is 4.57 Å². The molecule has 0 saturated carbocycles. The fourth-order valence-electron chi connectivity index (χ4n) is 7.97. The van der Waals surface area contributed by atoms with Crippen LogP contribution < -0.4 is 0 Å². The highest BCUT2D eigenvalue weighted by Gasteiger charge is 2.24. The standard InChI is InChI=1S/C44H26N4/c1-3-12-27(13-4-1)29-24-30(28-14-5-2-6-15-28)26-31(25-29)47-37-21-10-7-16-32(37)40-38(47)22-23-39-41(40)33-17-11-18-34-42-44(48(39)43(33)34)46-36-20-9-8-19-35(36)45-42/h1-26H. The second kappa shape index (κ2) is 9.50. The zero-order valence-corrected chi connectivity index (χ0v) is 25.8. The van der Waals surface area contributed by atoms with E-state index in [1.54, 1.807) is 0 Å². The first-order chi connectivity index (χ1) is 23.8. The van der Waals surface area contributed by atoms with Gasteiger partial charge in [0.05, 0.1) is 33.1 Å². The van der Waals surface area contributed by atoms with Crippen molar-refractivity contribution in [1.82, 2.24) is 18.9 Å². The minimum Gasteiger partial charge on any atom is -0.309 e. The molecule has 4 heteroatoms. The molecule has 0 aliphatic heterocycles. The van der Waals surface area contributed by atoms with E-state index < -0.39 is 0 Å². The summed E-state index contributed by atoms with van der Waals surface area (Å²) in [6, 6.07) is 56.5. The van der Waals surface area contributed by atoms with Crippen molar-refractivity contribution in [1.29, 1.82) is 0 Å². The topological polar surface area (TPSA) is 35.1 Å². The van der Waals surface area contributed by atoms with Gasteiger partial charge in [0.1, 0.15) is 5.52 Å². The van der Waals surface area contributed by atoms with E-state index in [1.165, 1.54) is 60.3 Å². The molecule has 0 saturated heterocycles. The molecule has 0 unspecified atom stereocenters. The third-order valence-electron chi connectivity index (χ3n) is 10.00. The molecule has 0 radical (unpaired) electrons. The first kappa shape index (κ1) is 25.6. The van der Waals surface area contributed by atoms with E-state index >= 15 is 0 Å². The number of hydrogen-bond donors (Lipinski definition) is 0. The summed E-state index contributed by atoms with van der Waals surface area (Å²) in [6.45, 7) is 0. The van der Waals surface area contributed by atoms with E-state index in [0.717, 1.165) is 38.8 Å². The Morgan fingerprint density at radius 2 is 0.979 bits per heavy atom. The second-order valence-corrected chi connectivity index (χ2v) is 12.6. The van der Waals surface area contributed by atoms with Crippen molar-refractivity contribution < 1.29 is 0 Å². The summed E-state index contributed by atoms with van der Waals surface area (Å²) in [7, 11) is 0. The zero-order valence-electron chi connectivity index (χ0n) is 25.8. The molecule has 0 spiro atoms. The predicted molar refractivity (Wildman–Crippen MR) is 199 cm³/mol. The van der Waals surface area contributed by atoms with Gasteiger partial charge in [-0.3, -0.25) is 4.40 Å². The normalized spacial score (nSPS) is 12.2. The third-order valence-corrected chi connectivity index (χ3v) is 10.00. The first-order valence-electron chi connectivity index (χ1n) is 16.3. The molecule has 0 atom stereocenters. The van der Waals surface area contributed by atoms with Crippen molar-refractivity contribution in [3.8, 4) is 27.9 Å². The molecule has 11 rings (SSSR count). The molecule has 0 fully saturated rings. The third kappa shape index (κ3) is 3.43. The summed E-state index contributed by atoms with van der Waals surface area (Å²) in [5.41, 5.74) is 14.3. The molecule has 222 valence electrons. The summed E-state index contributed by atoms with van der Waals surface area (Å²) >= 11 is 0. The number of fused-ring (bicyclic) bond motifs is 11. The molecule has 0 bridgehead atoms. The maximum atomic E-state index is 5.19. The molecular formula is C44H26N4. The van der Waals surface area contributed by atoms with Crippen molar-refractivity contribution in [2.75, 3.05) is 0 Å². The van der Waals surface area contributed by atoms with Gasteiger partial charge in [0.15, 0.2) is 5.65 Å². The van der Waals surface area contributed by atoms with Crippen LogP contribution in [0.4, 0.5) is 0 Å². The molecule has 4 nitrogen and oxygen atoms in total. The molecule has 0 amide bonds. The first-order valence-corrected chi connectivity index (χ1v) is 16.3. The number of nitrogens with zero attached hydrogens (tertiary/aromatic N) is 4. The van der Waals surface area contributed by atoms with Crippen LogP contribution in [0.15, 0.2) is 158 Å². The molecule has 0 aliphatic carbocycles. The van der Waals surface area contributed by atoms with Gasteiger partial charge in [-0.15, -0.1) is 0 Å². The number of para-hydroxylation sites is 4. The van der Waals surface area contributed by atoms with E-state index in [0.29, 0.717) is 0 Å². The fourth-order valence-corrected chi connectivity index (χ4v) is 7.97. The van der Waals surface area contributed by atoms with Crippen molar-refractivity contribution in [3.63, 3.8) is 0 Å². The van der Waals surface area contributed by atoms with Gasteiger partial charge in [0.25, 0.3) is 0 Å². The number of hydrogen-bond acceptors (Lipinski definition) is 2. The molecule has 4 heterocycles. The van der Waals surface area contributed by atoms with E-state index in [2.05, 4.69) is 142 Å². The van der Waals surface area contributed by atoms with Crippen LogP contribution in [0.5, 0.6) is 0 Å². The molecule has 4 aromatic heterocycles. The van der Waals surface area contributed by atoms with Gasteiger partial charge in [-0.2, -0.15) is 0 Å². The summed E-state index contributed by atoms with van der Waals surface area (Å²) < 4.78 is 4.78. The highest BCUT2D eigenvalue weighted by Crippen LogP contribution is 2.45. The Labute approximate surface area is 275 Å². The highest BCUT2D eigenvalue weighted by molar-refractivity contribution is 6.32. The Bertz CT molecular complexity index is 2990. The lowest BCUT2D eigenvalue weighted by atomic mass is 9.98. The van der Waals surface area contributed by atoms with Gasteiger partial charge in [0.2, 0.25) is 0 Å². The summed E-state index contributed by atoms with van der Waals surface area (Å²) in [5.74, 6) is 0. The summed E-state index contributed by atoms with van der Waals surface area (Å²) in [5, 5.41) is 6.11. The SMILES string of the molecule is c1ccc(-c2cc(-c3ccccc3)cc(-n3c4ccccc4c4c5c6cccc7c8nc9ccccc9nc8n(c5ccc43)c76)c2)cc1. The molecule has 0 N–H and O–H groups in total. The smallest absolute Gasteiger partial charge is 0.165 e.